The summed E-state index contributed by atoms with van der Waals surface area (Å²) in [6.45, 7) is 4.63. The lowest BCUT2D eigenvalue weighted by atomic mass is 9.91. The Labute approximate surface area is 89.0 Å². The fourth-order valence-electron chi connectivity index (χ4n) is 1.92. The van der Waals surface area contributed by atoms with E-state index >= 15 is 0 Å². The van der Waals surface area contributed by atoms with Gasteiger partial charge in [-0.25, -0.2) is 0 Å². The van der Waals surface area contributed by atoms with Gasteiger partial charge in [0.15, 0.2) is 0 Å². The zero-order valence-electron chi connectivity index (χ0n) is 8.38. The lowest BCUT2D eigenvalue weighted by molar-refractivity contribution is 0.0212. The number of benzene rings is 1. The van der Waals surface area contributed by atoms with Crippen molar-refractivity contribution < 1.29 is 4.74 Å². The van der Waals surface area contributed by atoms with Crippen molar-refractivity contribution in [3.8, 4) is 0 Å². The van der Waals surface area contributed by atoms with Crippen LogP contribution in [0.4, 0.5) is 0 Å². The van der Waals surface area contributed by atoms with E-state index in [1.54, 1.807) is 0 Å². The van der Waals surface area contributed by atoms with Crippen molar-refractivity contribution >= 4 is 11.6 Å². The van der Waals surface area contributed by atoms with Crippen LogP contribution in [0, 0.1) is 6.92 Å². The standard InChI is InChI=1S/C11H14ClNO/c1-6-3-4-9(12)8-5-14-7(2)11(13)10(6)8/h3-4,7,11H,5,13H2,1-2H3/t7-,11+/m1/s1. The van der Waals surface area contributed by atoms with Crippen LogP contribution in [0.2, 0.25) is 5.02 Å². The first kappa shape index (κ1) is 9.97. The predicted molar refractivity (Wildman–Crippen MR) is 57.4 cm³/mol. The summed E-state index contributed by atoms with van der Waals surface area (Å²) in [6.07, 6.45) is 0.0691. The van der Waals surface area contributed by atoms with E-state index in [2.05, 4.69) is 6.92 Å². The van der Waals surface area contributed by atoms with Crippen LogP contribution >= 0.6 is 11.6 Å². The van der Waals surface area contributed by atoms with Crippen LogP contribution < -0.4 is 5.73 Å². The maximum absolute atomic E-state index is 6.09. The van der Waals surface area contributed by atoms with Gasteiger partial charge < -0.3 is 10.5 Å². The molecular formula is C11H14ClNO. The van der Waals surface area contributed by atoms with Gasteiger partial charge in [-0.15, -0.1) is 0 Å². The van der Waals surface area contributed by atoms with Crippen LogP contribution in [-0.2, 0) is 11.3 Å². The molecule has 0 bridgehead atoms. The third kappa shape index (κ3) is 1.44. The Morgan fingerprint density at radius 2 is 2.21 bits per heavy atom. The van der Waals surface area contributed by atoms with Gasteiger partial charge in [0.2, 0.25) is 0 Å². The number of aryl methyl sites for hydroxylation is 1. The molecule has 1 aliphatic rings. The zero-order valence-corrected chi connectivity index (χ0v) is 9.14. The van der Waals surface area contributed by atoms with Crippen LogP contribution in [0.3, 0.4) is 0 Å². The van der Waals surface area contributed by atoms with Crippen molar-refractivity contribution in [1.82, 2.24) is 0 Å². The minimum Gasteiger partial charge on any atom is -0.372 e. The normalized spacial score (nSPS) is 26.0. The Balaban J connectivity index is 2.58. The van der Waals surface area contributed by atoms with Crippen molar-refractivity contribution in [3.05, 3.63) is 33.8 Å². The van der Waals surface area contributed by atoms with E-state index in [1.165, 1.54) is 5.56 Å². The van der Waals surface area contributed by atoms with Gasteiger partial charge in [-0.1, -0.05) is 17.7 Å². The molecule has 1 aliphatic heterocycles. The van der Waals surface area contributed by atoms with Crippen LogP contribution in [0.15, 0.2) is 12.1 Å². The summed E-state index contributed by atoms with van der Waals surface area (Å²) in [7, 11) is 0. The molecule has 2 rings (SSSR count). The highest BCUT2D eigenvalue weighted by Crippen LogP contribution is 2.34. The molecule has 1 heterocycles. The smallest absolute Gasteiger partial charge is 0.0744 e. The van der Waals surface area contributed by atoms with Crippen molar-refractivity contribution in [1.29, 1.82) is 0 Å². The Bertz CT molecular complexity index is 365. The summed E-state index contributed by atoms with van der Waals surface area (Å²) in [6, 6.07) is 3.86. The minimum atomic E-state index is -0.0579. The Morgan fingerprint density at radius 3 is 2.93 bits per heavy atom. The summed E-state index contributed by atoms with van der Waals surface area (Å²) in [5, 5.41) is 0.757. The third-order valence-electron chi connectivity index (χ3n) is 2.85. The largest absolute Gasteiger partial charge is 0.372 e. The number of fused-ring (bicyclic) bond motifs is 1. The SMILES string of the molecule is Cc1ccc(Cl)c2c1[C@@H](N)[C@@H](C)OC2. The summed E-state index contributed by atoms with van der Waals surface area (Å²) >= 11 is 6.09. The van der Waals surface area contributed by atoms with Crippen molar-refractivity contribution in [2.75, 3.05) is 0 Å². The molecule has 2 nitrogen and oxygen atoms in total. The number of rotatable bonds is 0. The van der Waals surface area contributed by atoms with Crippen LogP contribution in [0.1, 0.15) is 29.7 Å². The van der Waals surface area contributed by atoms with Crippen LogP contribution in [0.25, 0.3) is 0 Å². The monoisotopic (exact) mass is 211 g/mol. The molecule has 0 aromatic heterocycles. The fourth-order valence-corrected chi connectivity index (χ4v) is 2.14. The fraction of sp³-hybridized carbons (Fsp3) is 0.455. The number of nitrogens with two attached hydrogens (primary N) is 1. The molecule has 0 fully saturated rings. The second-order valence-electron chi connectivity index (χ2n) is 3.80. The molecule has 0 aliphatic carbocycles. The molecule has 3 heteroatoms. The Kier molecular flexibility index (Phi) is 2.52. The maximum atomic E-state index is 6.09. The maximum Gasteiger partial charge on any atom is 0.0744 e. The van der Waals surface area contributed by atoms with E-state index in [1.807, 2.05) is 19.1 Å². The third-order valence-corrected chi connectivity index (χ3v) is 3.20. The molecule has 0 spiro atoms. The van der Waals surface area contributed by atoms with E-state index < -0.39 is 0 Å². The first-order valence-corrected chi connectivity index (χ1v) is 5.14. The van der Waals surface area contributed by atoms with E-state index in [4.69, 9.17) is 22.1 Å². The van der Waals surface area contributed by atoms with Gasteiger partial charge in [0.1, 0.15) is 0 Å². The second-order valence-corrected chi connectivity index (χ2v) is 4.21. The van der Waals surface area contributed by atoms with Gasteiger partial charge in [-0.05, 0) is 31.0 Å². The molecule has 1 aromatic rings. The van der Waals surface area contributed by atoms with Gasteiger partial charge in [0.05, 0.1) is 18.8 Å². The number of halogens is 1. The van der Waals surface area contributed by atoms with Crippen LogP contribution in [-0.4, -0.2) is 6.10 Å². The summed E-state index contributed by atoms with van der Waals surface area (Å²) in [5.74, 6) is 0. The van der Waals surface area contributed by atoms with E-state index in [-0.39, 0.29) is 12.1 Å². The molecule has 0 saturated carbocycles. The Morgan fingerprint density at radius 1 is 1.50 bits per heavy atom. The Hall–Kier alpha value is -0.570. The molecule has 0 amide bonds. The van der Waals surface area contributed by atoms with Crippen molar-refractivity contribution in [2.24, 2.45) is 5.73 Å². The molecule has 76 valence electrons. The van der Waals surface area contributed by atoms with Gasteiger partial charge in [0, 0.05) is 10.6 Å². The molecule has 1 aromatic carbocycles. The number of ether oxygens (including phenoxy) is 1. The van der Waals surface area contributed by atoms with Crippen LogP contribution in [0.5, 0.6) is 0 Å². The predicted octanol–water partition coefficient (Wildman–Crippen LogP) is 2.57. The van der Waals surface area contributed by atoms with Crippen molar-refractivity contribution in [2.45, 2.75) is 32.6 Å². The topological polar surface area (TPSA) is 35.2 Å². The zero-order chi connectivity index (χ0) is 10.3. The van der Waals surface area contributed by atoms with Gasteiger partial charge in [0.25, 0.3) is 0 Å². The highest BCUT2D eigenvalue weighted by Gasteiger charge is 2.26. The van der Waals surface area contributed by atoms with E-state index in [0.29, 0.717) is 6.61 Å². The highest BCUT2D eigenvalue weighted by molar-refractivity contribution is 6.31. The quantitative estimate of drug-likeness (QED) is 0.716. The summed E-state index contributed by atoms with van der Waals surface area (Å²) in [4.78, 5) is 0. The van der Waals surface area contributed by atoms with Gasteiger partial charge in [-0.2, -0.15) is 0 Å². The average molecular weight is 212 g/mol. The molecule has 2 atom stereocenters. The average Bonchev–Trinajstić information content (AvgIpc) is 2.16. The summed E-state index contributed by atoms with van der Waals surface area (Å²) in [5.41, 5.74) is 9.49. The first-order valence-electron chi connectivity index (χ1n) is 4.76. The highest BCUT2D eigenvalue weighted by atomic mass is 35.5. The number of hydrogen-bond donors (Lipinski definition) is 1. The van der Waals surface area contributed by atoms with Crippen molar-refractivity contribution in [3.63, 3.8) is 0 Å². The summed E-state index contributed by atoms with van der Waals surface area (Å²) < 4.78 is 5.54. The van der Waals surface area contributed by atoms with Gasteiger partial charge in [-0.3, -0.25) is 0 Å². The second kappa shape index (κ2) is 3.54. The molecule has 2 N–H and O–H groups in total. The molecule has 0 saturated heterocycles. The van der Waals surface area contributed by atoms with E-state index in [9.17, 15) is 0 Å². The first-order chi connectivity index (χ1) is 6.61. The van der Waals surface area contributed by atoms with Gasteiger partial charge >= 0.3 is 0 Å². The molecule has 14 heavy (non-hydrogen) atoms. The molecular weight excluding hydrogens is 198 g/mol. The number of hydrogen-bond acceptors (Lipinski definition) is 2. The lowest BCUT2D eigenvalue weighted by Gasteiger charge is -2.30. The molecule has 0 radical (unpaired) electrons. The lowest BCUT2D eigenvalue weighted by Crippen LogP contribution is -2.32. The minimum absolute atomic E-state index is 0.0579. The molecule has 0 unspecified atom stereocenters. The van der Waals surface area contributed by atoms with E-state index in [0.717, 1.165) is 16.1 Å².